The molecule has 28 heavy (non-hydrogen) atoms. The van der Waals surface area contributed by atoms with Crippen LogP contribution in [0.5, 0.6) is 11.5 Å². The second kappa shape index (κ2) is 8.81. The smallest absolute Gasteiger partial charge is 0.312 e. The molecule has 0 aliphatic carbocycles. The van der Waals surface area contributed by atoms with Crippen LogP contribution in [0.4, 0.5) is 5.69 Å². The van der Waals surface area contributed by atoms with Crippen LogP contribution in [0.15, 0.2) is 78.9 Å². The van der Waals surface area contributed by atoms with Crippen molar-refractivity contribution in [2.75, 3.05) is 7.11 Å². The van der Waals surface area contributed by atoms with Gasteiger partial charge in [0.2, 0.25) is 0 Å². The maximum atomic E-state index is 12.7. The Hall–Kier alpha value is -3.67. The molecule has 0 unspecified atom stereocenters. The van der Waals surface area contributed by atoms with Gasteiger partial charge in [-0.15, -0.1) is 0 Å². The minimum Gasteiger partial charge on any atom is -0.493 e. The average molecular weight is 377 g/mol. The fraction of sp³-hybridized carbons (Fsp3) is 0.136. The van der Waals surface area contributed by atoms with Crippen molar-refractivity contribution in [1.29, 1.82) is 0 Å². The zero-order valence-corrected chi connectivity index (χ0v) is 15.3. The van der Waals surface area contributed by atoms with E-state index in [1.807, 2.05) is 60.7 Å². The second-order valence-corrected chi connectivity index (χ2v) is 6.14. The van der Waals surface area contributed by atoms with Crippen molar-refractivity contribution in [2.45, 2.75) is 12.3 Å². The third-order valence-corrected chi connectivity index (χ3v) is 4.36. The lowest BCUT2D eigenvalue weighted by Gasteiger charge is -2.18. The van der Waals surface area contributed by atoms with E-state index in [1.54, 1.807) is 0 Å². The van der Waals surface area contributed by atoms with Gasteiger partial charge < -0.3 is 9.47 Å². The number of carbonyl (C=O) groups is 1. The van der Waals surface area contributed by atoms with Gasteiger partial charge in [0.25, 0.3) is 5.69 Å². The van der Waals surface area contributed by atoms with E-state index in [-0.39, 0.29) is 29.5 Å². The van der Waals surface area contributed by atoms with Crippen LogP contribution in [-0.4, -0.2) is 18.0 Å². The lowest BCUT2D eigenvalue weighted by atomic mass is 9.88. The first-order valence-corrected chi connectivity index (χ1v) is 8.71. The lowest BCUT2D eigenvalue weighted by molar-refractivity contribution is -0.384. The number of benzene rings is 3. The summed E-state index contributed by atoms with van der Waals surface area (Å²) < 4.78 is 10.6. The van der Waals surface area contributed by atoms with E-state index in [2.05, 4.69) is 0 Å². The summed E-state index contributed by atoms with van der Waals surface area (Å²) in [4.78, 5) is 23.1. The van der Waals surface area contributed by atoms with Gasteiger partial charge in [-0.2, -0.15) is 0 Å². The largest absolute Gasteiger partial charge is 0.493 e. The molecule has 0 aliphatic rings. The summed E-state index contributed by atoms with van der Waals surface area (Å²) in [5.74, 6) is -0.410. The molecule has 0 aromatic heterocycles. The van der Waals surface area contributed by atoms with Crippen LogP contribution in [-0.2, 0) is 4.79 Å². The van der Waals surface area contributed by atoms with Gasteiger partial charge in [-0.1, -0.05) is 60.7 Å². The Morgan fingerprint density at radius 1 is 0.929 bits per heavy atom. The lowest BCUT2D eigenvalue weighted by Crippen LogP contribution is -2.14. The molecule has 0 radical (unpaired) electrons. The van der Waals surface area contributed by atoms with Crippen LogP contribution in [0, 0.1) is 10.1 Å². The van der Waals surface area contributed by atoms with Crippen molar-refractivity contribution < 1.29 is 19.2 Å². The minimum absolute atomic E-state index is 0.0292. The van der Waals surface area contributed by atoms with E-state index in [9.17, 15) is 14.9 Å². The number of hydrogen-bond acceptors (Lipinski definition) is 5. The Morgan fingerprint density at radius 3 is 2.00 bits per heavy atom. The average Bonchev–Trinajstić information content (AvgIpc) is 2.73. The Balaban J connectivity index is 1.85. The monoisotopic (exact) mass is 377 g/mol. The van der Waals surface area contributed by atoms with Crippen LogP contribution in [0.3, 0.4) is 0 Å². The highest BCUT2D eigenvalue weighted by Gasteiger charge is 2.21. The number of carbonyl (C=O) groups excluding carboxylic acids is 1. The summed E-state index contributed by atoms with van der Waals surface area (Å²) in [5.41, 5.74) is 1.79. The Bertz CT molecular complexity index is 918. The molecular weight excluding hydrogens is 358 g/mol. The number of nitrogens with zero attached hydrogens (tertiary/aromatic N) is 1. The number of non-ortho nitro benzene ring substituents is 1. The van der Waals surface area contributed by atoms with Gasteiger partial charge in [-0.05, 0) is 17.2 Å². The van der Waals surface area contributed by atoms with Crippen molar-refractivity contribution in [3.8, 4) is 11.5 Å². The summed E-state index contributed by atoms with van der Waals surface area (Å²) >= 11 is 0. The fourth-order valence-electron chi connectivity index (χ4n) is 2.99. The highest BCUT2D eigenvalue weighted by Crippen LogP contribution is 2.33. The molecule has 6 heteroatoms. The van der Waals surface area contributed by atoms with Crippen molar-refractivity contribution >= 4 is 11.7 Å². The number of rotatable bonds is 7. The SMILES string of the molecule is COc1ccc([N+](=O)[O-])cc1OC(=O)CC(c1ccccc1)c1ccccc1. The van der Waals surface area contributed by atoms with Gasteiger partial charge in [0.05, 0.1) is 24.5 Å². The van der Waals surface area contributed by atoms with Crippen molar-refractivity contribution in [3.05, 3.63) is 100 Å². The molecule has 0 N–H and O–H groups in total. The maximum absolute atomic E-state index is 12.7. The number of methoxy groups -OCH3 is 1. The van der Waals surface area contributed by atoms with Crippen LogP contribution in [0.2, 0.25) is 0 Å². The Morgan fingerprint density at radius 2 is 1.50 bits per heavy atom. The van der Waals surface area contributed by atoms with Crippen molar-refractivity contribution in [2.24, 2.45) is 0 Å². The fourth-order valence-corrected chi connectivity index (χ4v) is 2.99. The number of hydrogen-bond donors (Lipinski definition) is 0. The summed E-state index contributed by atoms with van der Waals surface area (Å²) in [6, 6.07) is 23.2. The summed E-state index contributed by atoms with van der Waals surface area (Å²) in [6.07, 6.45) is 0.0832. The van der Waals surface area contributed by atoms with Crippen molar-refractivity contribution in [3.63, 3.8) is 0 Å². The maximum Gasteiger partial charge on any atom is 0.312 e. The number of esters is 1. The van der Waals surface area contributed by atoms with Crippen LogP contribution in [0.1, 0.15) is 23.5 Å². The molecule has 0 amide bonds. The minimum atomic E-state index is -0.548. The summed E-state index contributed by atoms with van der Waals surface area (Å²) in [7, 11) is 1.41. The molecule has 0 bridgehead atoms. The first-order chi connectivity index (χ1) is 13.6. The van der Waals surface area contributed by atoms with E-state index >= 15 is 0 Å². The highest BCUT2D eigenvalue weighted by molar-refractivity contribution is 5.75. The Labute approximate surface area is 162 Å². The van der Waals surface area contributed by atoms with Gasteiger partial charge in [-0.3, -0.25) is 14.9 Å². The number of nitro benzene ring substituents is 1. The van der Waals surface area contributed by atoms with E-state index in [0.29, 0.717) is 0 Å². The third kappa shape index (κ3) is 4.54. The first-order valence-electron chi connectivity index (χ1n) is 8.71. The molecule has 0 saturated heterocycles. The van der Waals surface area contributed by atoms with Gasteiger partial charge in [0.1, 0.15) is 0 Å². The molecule has 0 atom stereocenters. The predicted octanol–water partition coefficient (Wildman–Crippen LogP) is 4.73. The van der Waals surface area contributed by atoms with E-state index in [4.69, 9.17) is 9.47 Å². The molecule has 0 saturated carbocycles. The van der Waals surface area contributed by atoms with E-state index in [1.165, 1.54) is 25.3 Å². The number of ether oxygens (including phenoxy) is 2. The Kier molecular flexibility index (Phi) is 6.01. The molecule has 3 aromatic carbocycles. The van der Waals surface area contributed by atoms with Crippen LogP contribution >= 0.6 is 0 Å². The normalized spacial score (nSPS) is 10.5. The summed E-state index contributed by atoms with van der Waals surface area (Å²) in [5, 5.41) is 11.0. The molecule has 142 valence electrons. The van der Waals surface area contributed by atoms with E-state index < -0.39 is 10.9 Å². The first kappa shape index (κ1) is 19.1. The molecule has 0 aliphatic heterocycles. The third-order valence-electron chi connectivity index (χ3n) is 4.36. The molecule has 6 nitrogen and oxygen atoms in total. The molecule has 0 heterocycles. The zero-order chi connectivity index (χ0) is 19.9. The second-order valence-electron chi connectivity index (χ2n) is 6.14. The standard InChI is InChI=1S/C22H19NO5/c1-27-20-13-12-18(23(25)26)14-21(20)28-22(24)15-19(16-8-4-2-5-9-16)17-10-6-3-7-11-17/h2-14,19H,15H2,1H3. The molecular formula is C22H19NO5. The molecule has 3 rings (SSSR count). The molecule has 3 aromatic rings. The van der Waals surface area contributed by atoms with Gasteiger partial charge in [0.15, 0.2) is 11.5 Å². The molecule has 0 fully saturated rings. The highest BCUT2D eigenvalue weighted by atomic mass is 16.6. The van der Waals surface area contributed by atoms with Crippen LogP contribution < -0.4 is 9.47 Å². The quantitative estimate of drug-likeness (QED) is 0.257. The summed E-state index contributed by atoms with van der Waals surface area (Å²) in [6.45, 7) is 0. The van der Waals surface area contributed by atoms with Gasteiger partial charge >= 0.3 is 5.97 Å². The molecule has 0 spiro atoms. The van der Waals surface area contributed by atoms with Crippen molar-refractivity contribution in [1.82, 2.24) is 0 Å². The predicted molar refractivity (Wildman–Crippen MR) is 105 cm³/mol. The van der Waals surface area contributed by atoms with Gasteiger partial charge in [0, 0.05) is 12.0 Å². The topological polar surface area (TPSA) is 78.7 Å². The van der Waals surface area contributed by atoms with Crippen LogP contribution in [0.25, 0.3) is 0 Å². The van der Waals surface area contributed by atoms with Gasteiger partial charge in [-0.25, -0.2) is 0 Å². The zero-order valence-electron chi connectivity index (χ0n) is 15.3. The number of nitro groups is 1. The van der Waals surface area contributed by atoms with E-state index in [0.717, 1.165) is 11.1 Å².